The number of hydrogen-bond acceptors (Lipinski definition) is 5. The molecule has 1 saturated carbocycles. The Labute approximate surface area is 116 Å². The van der Waals surface area contributed by atoms with Gasteiger partial charge in [0.15, 0.2) is 5.65 Å². The van der Waals surface area contributed by atoms with Gasteiger partial charge in [0.25, 0.3) is 0 Å². The van der Waals surface area contributed by atoms with Gasteiger partial charge in [0.05, 0.1) is 12.4 Å². The molecule has 0 amide bonds. The Morgan fingerprint density at radius 2 is 2.16 bits per heavy atom. The van der Waals surface area contributed by atoms with Crippen LogP contribution in [0.15, 0.2) is 17.7 Å². The third kappa shape index (κ3) is 3.06. The molecule has 0 spiro atoms. The van der Waals surface area contributed by atoms with E-state index in [1.165, 1.54) is 32.0 Å². The van der Waals surface area contributed by atoms with Crippen LogP contribution in [0, 0.1) is 5.92 Å². The minimum Gasteiger partial charge on any atom is -0.392 e. The fraction of sp³-hybridized carbons (Fsp3) is 0.615. The highest BCUT2D eigenvalue weighted by molar-refractivity contribution is 7.99. The van der Waals surface area contributed by atoms with Gasteiger partial charge in [-0.1, -0.05) is 25.7 Å². The Kier molecular flexibility index (Phi) is 3.98. The van der Waals surface area contributed by atoms with Crippen LogP contribution in [0.4, 0.5) is 0 Å². The molecular formula is C13H18N4OS. The molecule has 2 aromatic heterocycles. The number of imidazole rings is 1. The molecule has 5 nitrogen and oxygen atoms in total. The number of thioether (sulfide) groups is 1. The molecule has 19 heavy (non-hydrogen) atoms. The Hall–Kier alpha value is -1.14. The molecular weight excluding hydrogens is 260 g/mol. The summed E-state index contributed by atoms with van der Waals surface area (Å²) in [6.45, 7) is 0. The zero-order valence-corrected chi connectivity index (χ0v) is 11.6. The molecule has 2 aromatic rings. The van der Waals surface area contributed by atoms with Crippen LogP contribution in [-0.2, 0) is 0 Å². The maximum atomic E-state index is 10.1. The highest BCUT2D eigenvalue weighted by Crippen LogP contribution is 2.30. The number of hydrogen-bond donors (Lipinski definition) is 2. The van der Waals surface area contributed by atoms with Crippen LogP contribution in [0.25, 0.3) is 11.2 Å². The highest BCUT2D eigenvalue weighted by Gasteiger charge is 2.19. The lowest BCUT2D eigenvalue weighted by molar-refractivity contribution is 0.165. The van der Waals surface area contributed by atoms with Crippen LogP contribution in [0.2, 0.25) is 0 Å². The number of nitrogens with zero attached hydrogens (tertiary/aromatic N) is 3. The zero-order valence-electron chi connectivity index (χ0n) is 10.7. The van der Waals surface area contributed by atoms with Crippen molar-refractivity contribution < 1.29 is 5.11 Å². The fourth-order valence-corrected chi connectivity index (χ4v) is 3.63. The molecule has 1 aliphatic carbocycles. The van der Waals surface area contributed by atoms with E-state index in [-0.39, 0.29) is 6.10 Å². The quantitative estimate of drug-likeness (QED) is 0.649. The molecule has 3 rings (SSSR count). The van der Waals surface area contributed by atoms with Crippen LogP contribution >= 0.6 is 11.8 Å². The Morgan fingerprint density at radius 1 is 1.32 bits per heavy atom. The first-order chi connectivity index (χ1) is 9.33. The maximum Gasteiger partial charge on any atom is 0.181 e. The van der Waals surface area contributed by atoms with E-state index in [0.717, 1.165) is 17.0 Å². The van der Waals surface area contributed by atoms with Gasteiger partial charge in [-0.2, -0.15) is 0 Å². The third-order valence-electron chi connectivity index (χ3n) is 3.68. The summed E-state index contributed by atoms with van der Waals surface area (Å²) >= 11 is 1.57. The fourth-order valence-electron chi connectivity index (χ4n) is 2.73. The summed E-state index contributed by atoms with van der Waals surface area (Å²) < 4.78 is 0. The summed E-state index contributed by atoms with van der Waals surface area (Å²) in [7, 11) is 0. The summed E-state index contributed by atoms with van der Waals surface area (Å²) in [5, 5.41) is 11.0. The molecule has 1 fully saturated rings. The Balaban J connectivity index is 1.57. The predicted molar refractivity (Wildman–Crippen MR) is 75.0 cm³/mol. The number of aliphatic hydroxyl groups is 1. The molecule has 6 heteroatoms. The van der Waals surface area contributed by atoms with Crippen LogP contribution in [0.3, 0.4) is 0 Å². The van der Waals surface area contributed by atoms with E-state index in [2.05, 4.69) is 19.9 Å². The van der Waals surface area contributed by atoms with Gasteiger partial charge < -0.3 is 10.1 Å². The lowest BCUT2D eigenvalue weighted by atomic mass is 10.0. The molecule has 2 N–H and O–H groups in total. The van der Waals surface area contributed by atoms with E-state index in [4.69, 9.17) is 0 Å². The van der Waals surface area contributed by atoms with Crippen LogP contribution in [-0.4, -0.2) is 36.9 Å². The molecule has 0 aromatic carbocycles. The third-order valence-corrected chi connectivity index (χ3v) is 4.82. The van der Waals surface area contributed by atoms with Crippen molar-refractivity contribution in [1.82, 2.24) is 19.9 Å². The first kappa shape index (κ1) is 12.9. The van der Waals surface area contributed by atoms with Crippen molar-refractivity contribution in [2.24, 2.45) is 5.92 Å². The largest absolute Gasteiger partial charge is 0.392 e. The maximum absolute atomic E-state index is 10.1. The van der Waals surface area contributed by atoms with Gasteiger partial charge in [-0.05, 0) is 12.3 Å². The van der Waals surface area contributed by atoms with E-state index in [1.807, 2.05) is 0 Å². The van der Waals surface area contributed by atoms with Gasteiger partial charge in [-0.25, -0.2) is 15.0 Å². The molecule has 0 bridgehead atoms. The second-order valence-corrected chi connectivity index (χ2v) is 6.14. The SMILES string of the molecule is OC(CSc1ncnc2nc[nH]c12)CC1CCCC1. The Bertz CT molecular complexity index is 538. The van der Waals surface area contributed by atoms with Crippen molar-refractivity contribution in [3.63, 3.8) is 0 Å². The van der Waals surface area contributed by atoms with Gasteiger partial charge >= 0.3 is 0 Å². The molecule has 0 aliphatic heterocycles. The second-order valence-electron chi connectivity index (χ2n) is 5.13. The van der Waals surface area contributed by atoms with E-state index < -0.39 is 0 Å². The second kappa shape index (κ2) is 5.88. The minimum absolute atomic E-state index is 0.249. The standard InChI is InChI=1S/C13H18N4OS/c18-10(5-9-3-1-2-4-9)6-19-13-11-12(15-7-14-11)16-8-17-13/h7-10,18H,1-6H2,(H,14,15,16,17). The average Bonchev–Trinajstić information content (AvgIpc) is 3.06. The first-order valence-corrected chi connectivity index (χ1v) is 7.76. The molecule has 2 heterocycles. The minimum atomic E-state index is -0.249. The number of aromatic nitrogens is 4. The normalized spacial score (nSPS) is 18.2. The van der Waals surface area contributed by atoms with Gasteiger partial charge in [-0.3, -0.25) is 0 Å². The zero-order chi connectivity index (χ0) is 13.1. The monoisotopic (exact) mass is 278 g/mol. The first-order valence-electron chi connectivity index (χ1n) is 6.78. The Morgan fingerprint density at radius 3 is 3.00 bits per heavy atom. The van der Waals surface area contributed by atoms with Crippen molar-refractivity contribution in [3.05, 3.63) is 12.7 Å². The van der Waals surface area contributed by atoms with Crippen molar-refractivity contribution in [2.45, 2.75) is 43.2 Å². The molecule has 1 atom stereocenters. The number of aliphatic hydroxyl groups excluding tert-OH is 1. The molecule has 102 valence electrons. The van der Waals surface area contributed by atoms with Gasteiger partial charge in [0.1, 0.15) is 16.9 Å². The highest BCUT2D eigenvalue weighted by atomic mass is 32.2. The summed E-state index contributed by atoms with van der Waals surface area (Å²) in [5.41, 5.74) is 1.54. The number of rotatable bonds is 5. The number of nitrogens with one attached hydrogen (secondary N) is 1. The van der Waals surface area contributed by atoms with E-state index in [0.29, 0.717) is 17.3 Å². The average molecular weight is 278 g/mol. The predicted octanol–water partition coefficient (Wildman–Crippen LogP) is 2.39. The molecule has 0 radical (unpaired) electrons. The van der Waals surface area contributed by atoms with Gasteiger partial charge in [-0.15, -0.1) is 11.8 Å². The van der Waals surface area contributed by atoms with E-state index in [1.54, 1.807) is 18.1 Å². The summed E-state index contributed by atoms with van der Waals surface area (Å²) in [6.07, 6.45) is 9.02. The lowest BCUT2D eigenvalue weighted by Crippen LogP contribution is -2.14. The smallest absolute Gasteiger partial charge is 0.181 e. The van der Waals surface area contributed by atoms with E-state index in [9.17, 15) is 5.11 Å². The molecule has 1 aliphatic rings. The topological polar surface area (TPSA) is 74.7 Å². The van der Waals surface area contributed by atoms with Crippen molar-refractivity contribution in [3.8, 4) is 0 Å². The van der Waals surface area contributed by atoms with Gasteiger partial charge in [0, 0.05) is 5.75 Å². The summed E-state index contributed by atoms with van der Waals surface area (Å²) in [6, 6.07) is 0. The summed E-state index contributed by atoms with van der Waals surface area (Å²) in [5.74, 6) is 1.40. The lowest BCUT2D eigenvalue weighted by Gasteiger charge is -2.14. The van der Waals surface area contributed by atoms with Crippen molar-refractivity contribution in [1.29, 1.82) is 0 Å². The number of aromatic amines is 1. The van der Waals surface area contributed by atoms with Crippen molar-refractivity contribution >= 4 is 22.9 Å². The molecule has 1 unspecified atom stereocenters. The number of H-pyrrole nitrogens is 1. The van der Waals surface area contributed by atoms with Crippen molar-refractivity contribution in [2.75, 3.05) is 5.75 Å². The summed E-state index contributed by atoms with van der Waals surface area (Å²) in [4.78, 5) is 15.5. The van der Waals surface area contributed by atoms with Crippen LogP contribution in [0.1, 0.15) is 32.1 Å². The number of fused-ring (bicyclic) bond motifs is 1. The van der Waals surface area contributed by atoms with Crippen LogP contribution in [0.5, 0.6) is 0 Å². The van der Waals surface area contributed by atoms with Gasteiger partial charge in [0.2, 0.25) is 0 Å². The van der Waals surface area contributed by atoms with Crippen LogP contribution < -0.4 is 0 Å². The molecule has 0 saturated heterocycles. The van der Waals surface area contributed by atoms with E-state index >= 15 is 0 Å².